The van der Waals surface area contributed by atoms with Gasteiger partial charge in [-0.05, 0) is 0 Å². The Hall–Kier alpha value is -2.84. The Kier molecular flexibility index (Phi) is 3.55. The second kappa shape index (κ2) is 5.41. The van der Waals surface area contributed by atoms with Crippen LogP contribution < -0.4 is 14.8 Å². The molecule has 1 aliphatic heterocycles. The van der Waals surface area contributed by atoms with E-state index in [4.69, 9.17) is 0 Å². The van der Waals surface area contributed by atoms with Crippen molar-refractivity contribution in [3.8, 4) is 11.5 Å². The molecule has 2 aromatic carbocycles. The third-order valence-corrected chi connectivity index (χ3v) is 3.22. The predicted octanol–water partition coefficient (Wildman–Crippen LogP) is 2.93. The summed E-state index contributed by atoms with van der Waals surface area (Å²) in [5.74, 6) is -3.16. The maximum Gasteiger partial charge on any atom is 0.387 e. The normalized spacial score (nSPS) is 13.7. The fraction of sp³-hybridized carbons (Fsp3) is 0.143. The van der Waals surface area contributed by atoms with E-state index in [0.717, 1.165) is 0 Å². The number of ether oxygens (including phenoxy) is 2. The topological polar surface area (TPSA) is 64.6 Å². The van der Waals surface area contributed by atoms with Crippen molar-refractivity contribution in [1.82, 2.24) is 5.32 Å². The number of hydrogen-bond acceptors (Lipinski definition) is 4. The lowest BCUT2D eigenvalue weighted by molar-refractivity contribution is -0.0518. The molecular weight excluding hydrogens is 322 g/mol. The number of nitrogens with one attached hydrogen (secondary N) is 1. The van der Waals surface area contributed by atoms with Crippen molar-refractivity contribution >= 4 is 22.6 Å². The minimum atomic E-state index is -3.27. The molecular formula is C14H7F4NO4. The molecule has 1 aliphatic rings. The van der Waals surface area contributed by atoms with Gasteiger partial charge in [0.15, 0.2) is 0 Å². The van der Waals surface area contributed by atoms with Crippen molar-refractivity contribution in [3.05, 3.63) is 35.4 Å². The van der Waals surface area contributed by atoms with Gasteiger partial charge >= 0.3 is 13.2 Å². The first-order valence-electron chi connectivity index (χ1n) is 6.24. The first kappa shape index (κ1) is 15.1. The third-order valence-electron chi connectivity index (χ3n) is 3.22. The van der Waals surface area contributed by atoms with Gasteiger partial charge in [-0.25, -0.2) is 0 Å². The summed E-state index contributed by atoms with van der Waals surface area (Å²) >= 11 is 0. The minimum Gasteiger partial charge on any atom is -0.433 e. The molecule has 2 amide bonds. The number of fused-ring (bicyclic) bond motifs is 2. The van der Waals surface area contributed by atoms with Gasteiger partial charge < -0.3 is 9.47 Å². The molecule has 0 aliphatic carbocycles. The van der Waals surface area contributed by atoms with E-state index in [-0.39, 0.29) is 10.8 Å². The quantitative estimate of drug-likeness (QED) is 0.692. The lowest BCUT2D eigenvalue weighted by Gasteiger charge is -2.16. The standard InChI is InChI=1S/C14H7F4NO4/c15-13(16)22-9-5-3-1-2-4-6(5)10(23-14(17)18)8-7(9)11(20)19-12(8)21/h1-4,13-14H,(H,19,20,21). The van der Waals surface area contributed by atoms with Crippen molar-refractivity contribution in [1.29, 1.82) is 0 Å². The zero-order chi connectivity index (χ0) is 16.7. The van der Waals surface area contributed by atoms with Crippen molar-refractivity contribution in [2.75, 3.05) is 0 Å². The third kappa shape index (κ3) is 2.43. The van der Waals surface area contributed by atoms with Crippen LogP contribution in [0.15, 0.2) is 24.3 Å². The second-order valence-electron chi connectivity index (χ2n) is 4.49. The highest BCUT2D eigenvalue weighted by Crippen LogP contribution is 2.43. The van der Waals surface area contributed by atoms with Gasteiger partial charge in [-0.2, -0.15) is 17.6 Å². The molecule has 1 heterocycles. The Morgan fingerprint density at radius 1 is 0.783 bits per heavy atom. The number of amides is 2. The highest BCUT2D eigenvalue weighted by atomic mass is 19.3. The summed E-state index contributed by atoms with van der Waals surface area (Å²) in [5, 5.41) is 1.76. The maximum absolute atomic E-state index is 12.7. The summed E-state index contributed by atoms with van der Waals surface area (Å²) in [5.41, 5.74) is -1.10. The Labute approximate surface area is 125 Å². The number of benzene rings is 2. The van der Waals surface area contributed by atoms with Crippen molar-refractivity contribution < 1.29 is 36.6 Å². The fourth-order valence-electron chi connectivity index (χ4n) is 2.46. The van der Waals surface area contributed by atoms with Gasteiger partial charge in [0.1, 0.15) is 11.5 Å². The molecule has 0 aromatic heterocycles. The molecule has 9 heteroatoms. The first-order valence-corrected chi connectivity index (χ1v) is 6.24. The van der Waals surface area contributed by atoms with Gasteiger partial charge in [0.05, 0.1) is 11.1 Å². The molecule has 120 valence electrons. The lowest BCUT2D eigenvalue weighted by atomic mass is 9.99. The molecule has 1 N–H and O–H groups in total. The van der Waals surface area contributed by atoms with Crippen LogP contribution in [-0.4, -0.2) is 25.0 Å². The van der Waals surface area contributed by atoms with Crippen LogP contribution in [-0.2, 0) is 0 Å². The van der Waals surface area contributed by atoms with E-state index in [1.165, 1.54) is 24.3 Å². The maximum atomic E-state index is 12.7. The molecule has 2 aromatic rings. The molecule has 5 nitrogen and oxygen atoms in total. The summed E-state index contributed by atoms with van der Waals surface area (Å²) < 4.78 is 59.4. The highest BCUT2D eigenvalue weighted by molar-refractivity contribution is 6.27. The Bertz CT molecular complexity index is 756. The number of carbonyl (C=O) groups excluding carboxylic acids is 2. The zero-order valence-corrected chi connectivity index (χ0v) is 11.1. The number of alkyl halides is 4. The monoisotopic (exact) mass is 329 g/mol. The molecule has 0 saturated carbocycles. The number of carbonyl (C=O) groups is 2. The van der Waals surface area contributed by atoms with Gasteiger partial charge in [-0.15, -0.1) is 0 Å². The molecule has 23 heavy (non-hydrogen) atoms. The molecule has 3 rings (SSSR count). The van der Waals surface area contributed by atoms with Crippen LogP contribution >= 0.6 is 0 Å². The molecule has 0 atom stereocenters. The molecule has 0 bridgehead atoms. The van der Waals surface area contributed by atoms with Gasteiger partial charge in [-0.3, -0.25) is 14.9 Å². The van der Waals surface area contributed by atoms with Crippen LogP contribution in [0.5, 0.6) is 11.5 Å². The van der Waals surface area contributed by atoms with Crippen LogP contribution in [0.1, 0.15) is 20.7 Å². The second-order valence-corrected chi connectivity index (χ2v) is 4.49. The Morgan fingerprint density at radius 2 is 1.17 bits per heavy atom. The van der Waals surface area contributed by atoms with Gasteiger partial charge in [-0.1, -0.05) is 24.3 Å². The first-order chi connectivity index (χ1) is 10.9. The Morgan fingerprint density at radius 3 is 1.52 bits per heavy atom. The van der Waals surface area contributed by atoms with E-state index >= 15 is 0 Å². The van der Waals surface area contributed by atoms with E-state index in [2.05, 4.69) is 9.47 Å². The van der Waals surface area contributed by atoms with E-state index in [9.17, 15) is 27.2 Å². The Balaban J connectivity index is 2.42. The van der Waals surface area contributed by atoms with Crippen LogP contribution in [0.4, 0.5) is 17.6 Å². The average molecular weight is 329 g/mol. The average Bonchev–Trinajstić information content (AvgIpc) is 2.76. The number of halogens is 4. The number of hydrogen-bond donors (Lipinski definition) is 1. The van der Waals surface area contributed by atoms with E-state index in [1.807, 2.05) is 5.32 Å². The van der Waals surface area contributed by atoms with Crippen molar-refractivity contribution in [2.24, 2.45) is 0 Å². The van der Waals surface area contributed by atoms with Crippen molar-refractivity contribution in [2.45, 2.75) is 13.2 Å². The molecule has 0 radical (unpaired) electrons. The van der Waals surface area contributed by atoms with Crippen LogP contribution in [0, 0.1) is 0 Å². The summed E-state index contributed by atoms with van der Waals surface area (Å²) in [6, 6.07) is 5.46. The predicted molar refractivity (Wildman–Crippen MR) is 69.0 cm³/mol. The van der Waals surface area contributed by atoms with E-state index in [1.54, 1.807) is 0 Å². The zero-order valence-electron chi connectivity index (χ0n) is 11.1. The molecule has 0 unspecified atom stereocenters. The van der Waals surface area contributed by atoms with Crippen LogP contribution in [0.25, 0.3) is 10.8 Å². The summed E-state index contributed by atoms with van der Waals surface area (Å²) in [7, 11) is 0. The molecule has 0 spiro atoms. The van der Waals surface area contributed by atoms with E-state index in [0.29, 0.717) is 0 Å². The SMILES string of the molecule is O=C1NC(=O)c2c1c(OC(F)F)c1ccccc1c2OC(F)F. The summed E-state index contributed by atoms with van der Waals surface area (Å²) in [6.07, 6.45) is 0. The fourth-order valence-corrected chi connectivity index (χ4v) is 2.46. The summed E-state index contributed by atoms with van der Waals surface area (Å²) in [6.45, 7) is -6.54. The smallest absolute Gasteiger partial charge is 0.387 e. The largest absolute Gasteiger partial charge is 0.433 e. The molecule has 0 saturated heterocycles. The number of rotatable bonds is 4. The minimum absolute atomic E-state index is 0.0490. The lowest BCUT2D eigenvalue weighted by Crippen LogP contribution is -2.20. The highest BCUT2D eigenvalue weighted by Gasteiger charge is 2.38. The van der Waals surface area contributed by atoms with Gasteiger partial charge in [0, 0.05) is 10.8 Å². The van der Waals surface area contributed by atoms with Gasteiger partial charge in [0.2, 0.25) is 0 Å². The van der Waals surface area contributed by atoms with E-state index < -0.39 is 47.7 Å². The molecule has 0 fully saturated rings. The van der Waals surface area contributed by atoms with Gasteiger partial charge in [0.25, 0.3) is 11.8 Å². The summed E-state index contributed by atoms with van der Waals surface area (Å²) in [4.78, 5) is 23.7. The van der Waals surface area contributed by atoms with Crippen LogP contribution in [0.2, 0.25) is 0 Å². The van der Waals surface area contributed by atoms with Crippen LogP contribution in [0.3, 0.4) is 0 Å². The van der Waals surface area contributed by atoms with Crippen molar-refractivity contribution in [3.63, 3.8) is 0 Å². The number of imide groups is 1.